The Balaban J connectivity index is 1.80. The summed E-state index contributed by atoms with van der Waals surface area (Å²) in [5.74, 6) is -0.374. The van der Waals surface area contributed by atoms with Gasteiger partial charge in [-0.05, 0) is 6.92 Å². The van der Waals surface area contributed by atoms with Crippen molar-refractivity contribution in [3.05, 3.63) is 17.5 Å². The molecular formula is C11H16N4O3. The van der Waals surface area contributed by atoms with E-state index in [9.17, 15) is 9.59 Å². The highest BCUT2D eigenvalue weighted by Gasteiger charge is 2.18. The molecule has 1 aromatic heterocycles. The fraction of sp³-hybridized carbons (Fsp3) is 0.545. The van der Waals surface area contributed by atoms with Crippen LogP contribution in [0.2, 0.25) is 0 Å². The fourth-order valence-corrected chi connectivity index (χ4v) is 1.74. The first-order valence-electron chi connectivity index (χ1n) is 5.87. The lowest BCUT2D eigenvalue weighted by atomic mass is 10.3. The van der Waals surface area contributed by atoms with Gasteiger partial charge < -0.3 is 20.1 Å². The van der Waals surface area contributed by atoms with E-state index in [-0.39, 0.29) is 18.2 Å². The van der Waals surface area contributed by atoms with Crippen LogP contribution in [0.1, 0.15) is 16.2 Å². The summed E-state index contributed by atoms with van der Waals surface area (Å²) >= 11 is 0. The van der Waals surface area contributed by atoms with Gasteiger partial charge in [0.25, 0.3) is 5.91 Å². The van der Waals surface area contributed by atoms with Crippen molar-refractivity contribution in [1.29, 1.82) is 0 Å². The van der Waals surface area contributed by atoms with Gasteiger partial charge in [0, 0.05) is 32.2 Å². The van der Waals surface area contributed by atoms with Gasteiger partial charge in [-0.15, -0.1) is 0 Å². The van der Waals surface area contributed by atoms with E-state index in [4.69, 9.17) is 4.52 Å². The van der Waals surface area contributed by atoms with E-state index >= 15 is 0 Å². The first-order chi connectivity index (χ1) is 8.66. The van der Waals surface area contributed by atoms with Crippen LogP contribution in [-0.2, 0) is 4.79 Å². The summed E-state index contributed by atoms with van der Waals surface area (Å²) < 4.78 is 4.81. The first-order valence-corrected chi connectivity index (χ1v) is 5.87. The van der Waals surface area contributed by atoms with E-state index in [2.05, 4.69) is 15.8 Å². The molecular weight excluding hydrogens is 236 g/mol. The Morgan fingerprint density at radius 2 is 2.22 bits per heavy atom. The molecule has 2 heterocycles. The molecule has 0 radical (unpaired) electrons. The molecule has 1 aliphatic heterocycles. The Kier molecular flexibility index (Phi) is 3.93. The van der Waals surface area contributed by atoms with Crippen molar-refractivity contribution in [1.82, 2.24) is 20.7 Å². The zero-order chi connectivity index (χ0) is 13.0. The molecule has 7 heteroatoms. The molecule has 0 aromatic carbocycles. The van der Waals surface area contributed by atoms with Crippen LogP contribution in [0.5, 0.6) is 0 Å². The van der Waals surface area contributed by atoms with Crippen LogP contribution >= 0.6 is 0 Å². The Labute approximate surface area is 104 Å². The van der Waals surface area contributed by atoms with Crippen molar-refractivity contribution in [2.45, 2.75) is 6.92 Å². The van der Waals surface area contributed by atoms with Gasteiger partial charge in [-0.1, -0.05) is 5.16 Å². The lowest BCUT2D eigenvalue weighted by Gasteiger charge is -2.27. The molecule has 1 fully saturated rings. The molecule has 0 spiro atoms. The molecule has 1 aliphatic rings. The maximum absolute atomic E-state index is 11.8. The van der Waals surface area contributed by atoms with Gasteiger partial charge >= 0.3 is 0 Å². The molecule has 7 nitrogen and oxygen atoms in total. The lowest BCUT2D eigenvalue weighted by Crippen LogP contribution is -2.49. The number of nitrogens with one attached hydrogen (secondary N) is 2. The third kappa shape index (κ3) is 3.07. The average Bonchev–Trinajstić information content (AvgIpc) is 2.83. The molecule has 2 N–H and O–H groups in total. The standard InChI is InChI=1S/C11H16N4O3/c1-8-6-9(18-14-8)11(17)13-7-10(16)15-4-2-12-3-5-15/h6,12H,2-5,7H2,1H3,(H,13,17). The number of aromatic nitrogens is 1. The summed E-state index contributed by atoms with van der Waals surface area (Å²) in [4.78, 5) is 25.1. The normalized spacial score (nSPS) is 15.5. The quantitative estimate of drug-likeness (QED) is 0.731. The smallest absolute Gasteiger partial charge is 0.290 e. The SMILES string of the molecule is Cc1cc(C(=O)NCC(=O)N2CCNCC2)on1. The number of carbonyl (C=O) groups excluding carboxylic acids is 2. The van der Waals surface area contributed by atoms with Gasteiger partial charge in [0.15, 0.2) is 0 Å². The molecule has 2 amide bonds. The van der Waals surface area contributed by atoms with Crippen LogP contribution in [-0.4, -0.2) is 54.6 Å². The molecule has 0 aliphatic carbocycles. The summed E-state index contributed by atoms with van der Waals surface area (Å²) in [6.45, 7) is 4.65. The number of carbonyl (C=O) groups is 2. The van der Waals surface area contributed by atoms with E-state index in [0.29, 0.717) is 18.8 Å². The second-order valence-electron chi connectivity index (χ2n) is 4.15. The molecule has 18 heavy (non-hydrogen) atoms. The van der Waals surface area contributed by atoms with Crippen molar-refractivity contribution in [2.75, 3.05) is 32.7 Å². The predicted octanol–water partition coefficient (Wildman–Crippen LogP) is -0.855. The van der Waals surface area contributed by atoms with Crippen molar-refractivity contribution in [3.63, 3.8) is 0 Å². The van der Waals surface area contributed by atoms with E-state index in [1.54, 1.807) is 11.8 Å². The lowest BCUT2D eigenvalue weighted by molar-refractivity contribution is -0.130. The Hall–Kier alpha value is -1.89. The topological polar surface area (TPSA) is 87.5 Å². The van der Waals surface area contributed by atoms with E-state index < -0.39 is 5.91 Å². The van der Waals surface area contributed by atoms with E-state index in [0.717, 1.165) is 13.1 Å². The summed E-state index contributed by atoms with van der Waals surface area (Å²) in [5.41, 5.74) is 0.633. The number of nitrogens with zero attached hydrogens (tertiary/aromatic N) is 2. The van der Waals surface area contributed by atoms with Crippen LogP contribution in [0.4, 0.5) is 0 Å². The third-order valence-electron chi connectivity index (χ3n) is 2.72. The van der Waals surface area contributed by atoms with Crippen LogP contribution in [0, 0.1) is 6.92 Å². The van der Waals surface area contributed by atoms with Crippen molar-refractivity contribution in [2.24, 2.45) is 0 Å². The predicted molar refractivity (Wildman–Crippen MR) is 63.0 cm³/mol. The van der Waals surface area contributed by atoms with Gasteiger partial charge in [-0.3, -0.25) is 9.59 Å². The number of piperazine rings is 1. The highest BCUT2D eigenvalue weighted by molar-refractivity contribution is 5.94. The molecule has 1 aromatic rings. The minimum absolute atomic E-state index is 0.0153. The number of hydrogen-bond donors (Lipinski definition) is 2. The molecule has 0 saturated carbocycles. The maximum atomic E-state index is 11.8. The monoisotopic (exact) mass is 252 g/mol. The second kappa shape index (κ2) is 5.63. The summed E-state index contributed by atoms with van der Waals surface area (Å²) in [6, 6.07) is 1.53. The van der Waals surface area contributed by atoms with Gasteiger partial charge in [-0.25, -0.2) is 0 Å². The Morgan fingerprint density at radius 3 is 2.83 bits per heavy atom. The number of hydrogen-bond acceptors (Lipinski definition) is 5. The van der Waals surface area contributed by atoms with Crippen molar-refractivity contribution in [3.8, 4) is 0 Å². The summed E-state index contributed by atoms with van der Waals surface area (Å²) in [5, 5.41) is 9.30. The number of amides is 2. The highest BCUT2D eigenvalue weighted by atomic mass is 16.5. The summed E-state index contributed by atoms with van der Waals surface area (Å²) in [6.07, 6.45) is 0. The van der Waals surface area contributed by atoms with Gasteiger partial charge in [-0.2, -0.15) is 0 Å². The molecule has 1 saturated heterocycles. The minimum Gasteiger partial charge on any atom is -0.351 e. The second-order valence-corrected chi connectivity index (χ2v) is 4.15. The largest absolute Gasteiger partial charge is 0.351 e. The fourth-order valence-electron chi connectivity index (χ4n) is 1.74. The average molecular weight is 252 g/mol. The van der Waals surface area contributed by atoms with Crippen molar-refractivity contribution >= 4 is 11.8 Å². The Morgan fingerprint density at radius 1 is 1.50 bits per heavy atom. The first kappa shape index (κ1) is 12.6. The van der Waals surface area contributed by atoms with Crippen molar-refractivity contribution < 1.29 is 14.1 Å². The third-order valence-corrected chi connectivity index (χ3v) is 2.72. The molecule has 2 rings (SSSR count). The van der Waals surface area contributed by atoms with Gasteiger partial charge in [0.2, 0.25) is 11.7 Å². The molecule has 98 valence electrons. The van der Waals surface area contributed by atoms with Crippen LogP contribution in [0.3, 0.4) is 0 Å². The minimum atomic E-state index is -0.418. The van der Waals surface area contributed by atoms with Crippen LogP contribution < -0.4 is 10.6 Å². The van der Waals surface area contributed by atoms with E-state index in [1.807, 2.05) is 0 Å². The zero-order valence-corrected chi connectivity index (χ0v) is 10.2. The van der Waals surface area contributed by atoms with Crippen LogP contribution in [0.15, 0.2) is 10.6 Å². The molecule has 0 unspecified atom stereocenters. The van der Waals surface area contributed by atoms with Crippen LogP contribution in [0.25, 0.3) is 0 Å². The number of aryl methyl sites for hydroxylation is 1. The molecule has 0 atom stereocenters. The Bertz CT molecular complexity index is 437. The zero-order valence-electron chi connectivity index (χ0n) is 10.2. The summed E-state index contributed by atoms with van der Waals surface area (Å²) in [7, 11) is 0. The molecule has 0 bridgehead atoms. The van der Waals surface area contributed by atoms with E-state index in [1.165, 1.54) is 6.07 Å². The van der Waals surface area contributed by atoms with Gasteiger partial charge in [0.05, 0.1) is 12.2 Å². The maximum Gasteiger partial charge on any atom is 0.290 e. The van der Waals surface area contributed by atoms with Gasteiger partial charge in [0.1, 0.15) is 0 Å². The number of rotatable bonds is 3. The highest BCUT2D eigenvalue weighted by Crippen LogP contribution is 2.01.